The summed E-state index contributed by atoms with van der Waals surface area (Å²) in [6.07, 6.45) is 4.31. The number of methoxy groups -OCH3 is 1. The molecule has 1 aromatic rings. The number of thiazole rings is 1. The number of carbonyl (C=O) groups excluding carboxylic acids is 2. The Balaban J connectivity index is 3.06. The molecule has 0 aliphatic carbocycles. The molecule has 118 valence electrons. The van der Waals surface area contributed by atoms with Crippen molar-refractivity contribution in [2.24, 2.45) is 0 Å². The minimum absolute atomic E-state index is 0.142. The lowest BCUT2D eigenvalue weighted by Gasteiger charge is -2.21. The summed E-state index contributed by atoms with van der Waals surface area (Å²) in [5.74, 6) is -0.696. The Labute approximate surface area is 130 Å². The molecule has 0 N–H and O–H groups in total. The summed E-state index contributed by atoms with van der Waals surface area (Å²) in [6, 6.07) is 0. The summed E-state index contributed by atoms with van der Waals surface area (Å²) in [4.78, 5) is 30.4. The number of anilines is 1. The van der Waals surface area contributed by atoms with Crippen LogP contribution in [-0.2, 0) is 4.74 Å². The van der Waals surface area contributed by atoms with Gasteiger partial charge in [-0.3, -0.25) is 4.79 Å². The molecule has 0 bridgehead atoms. The number of rotatable bonds is 9. The molecule has 21 heavy (non-hydrogen) atoms. The van der Waals surface area contributed by atoms with Crippen LogP contribution < -0.4 is 4.90 Å². The summed E-state index contributed by atoms with van der Waals surface area (Å²) in [6.45, 7) is 7.51. The summed E-state index contributed by atoms with van der Waals surface area (Å²) in [5, 5.41) is 0.738. The van der Waals surface area contributed by atoms with Crippen LogP contribution in [0.3, 0.4) is 0 Å². The van der Waals surface area contributed by atoms with Crippen molar-refractivity contribution < 1.29 is 14.3 Å². The smallest absolute Gasteiger partial charge is 0.358 e. The van der Waals surface area contributed by atoms with Gasteiger partial charge in [-0.1, -0.05) is 38.0 Å². The van der Waals surface area contributed by atoms with Crippen LogP contribution in [0.25, 0.3) is 0 Å². The van der Waals surface area contributed by atoms with E-state index in [4.69, 9.17) is 4.74 Å². The Bertz CT molecular complexity index is 477. The second kappa shape index (κ2) is 8.77. The number of nitrogens with zero attached hydrogens (tertiary/aromatic N) is 2. The van der Waals surface area contributed by atoms with Crippen molar-refractivity contribution in [3.63, 3.8) is 0 Å². The van der Waals surface area contributed by atoms with E-state index in [1.165, 1.54) is 25.4 Å². The van der Waals surface area contributed by atoms with E-state index in [2.05, 4.69) is 23.7 Å². The van der Waals surface area contributed by atoms with Gasteiger partial charge in [-0.05, 0) is 12.8 Å². The SMILES string of the molecule is CCCCN(CCCC)c1nc(C(=O)OC)c(C(C)=O)s1. The monoisotopic (exact) mass is 312 g/mol. The number of unbranched alkanes of at least 4 members (excludes halogenated alkanes) is 2. The highest BCUT2D eigenvalue weighted by Gasteiger charge is 2.23. The van der Waals surface area contributed by atoms with E-state index >= 15 is 0 Å². The van der Waals surface area contributed by atoms with Gasteiger partial charge in [0, 0.05) is 20.0 Å². The van der Waals surface area contributed by atoms with E-state index in [0.29, 0.717) is 4.88 Å². The normalized spacial score (nSPS) is 10.5. The summed E-state index contributed by atoms with van der Waals surface area (Å²) in [5.41, 5.74) is 0.142. The summed E-state index contributed by atoms with van der Waals surface area (Å²) >= 11 is 1.28. The lowest BCUT2D eigenvalue weighted by atomic mass is 10.3. The standard InChI is InChI=1S/C15H24N2O3S/c1-5-7-9-17(10-8-6-2)15-16-12(14(19)20-4)13(21-15)11(3)18/h5-10H2,1-4H3. The maximum Gasteiger partial charge on any atom is 0.358 e. The molecular weight excluding hydrogens is 288 g/mol. The topological polar surface area (TPSA) is 59.5 Å². The fourth-order valence-electron chi connectivity index (χ4n) is 1.92. The molecule has 0 aliphatic rings. The number of Topliss-reactive ketones (excluding diaryl/α,β-unsaturated/α-hetero) is 1. The predicted octanol–water partition coefficient (Wildman–Crippen LogP) is 3.54. The molecule has 1 aromatic heterocycles. The van der Waals surface area contributed by atoms with Crippen LogP contribution in [0.15, 0.2) is 0 Å². The van der Waals surface area contributed by atoms with Crippen molar-refractivity contribution in [3.8, 4) is 0 Å². The lowest BCUT2D eigenvalue weighted by Crippen LogP contribution is -2.25. The van der Waals surface area contributed by atoms with Gasteiger partial charge in [0.15, 0.2) is 16.6 Å². The highest BCUT2D eigenvalue weighted by atomic mass is 32.1. The molecule has 5 nitrogen and oxygen atoms in total. The van der Waals surface area contributed by atoms with E-state index in [-0.39, 0.29) is 11.5 Å². The van der Waals surface area contributed by atoms with Gasteiger partial charge in [-0.2, -0.15) is 0 Å². The minimum atomic E-state index is -0.548. The molecule has 0 fully saturated rings. The zero-order chi connectivity index (χ0) is 15.8. The predicted molar refractivity (Wildman–Crippen MR) is 85.5 cm³/mol. The first-order chi connectivity index (χ1) is 10.0. The largest absolute Gasteiger partial charge is 0.464 e. The molecule has 0 atom stereocenters. The highest BCUT2D eigenvalue weighted by Crippen LogP contribution is 2.28. The molecule has 0 aromatic carbocycles. The Morgan fingerprint density at radius 2 is 1.76 bits per heavy atom. The van der Waals surface area contributed by atoms with Crippen molar-refractivity contribution in [1.82, 2.24) is 4.98 Å². The fourth-order valence-corrected chi connectivity index (χ4v) is 2.92. The first-order valence-corrected chi connectivity index (χ1v) is 8.21. The van der Waals surface area contributed by atoms with Crippen LogP contribution in [-0.4, -0.2) is 36.9 Å². The van der Waals surface area contributed by atoms with Crippen molar-refractivity contribution >= 4 is 28.2 Å². The lowest BCUT2D eigenvalue weighted by molar-refractivity contribution is 0.0591. The van der Waals surface area contributed by atoms with Crippen LogP contribution in [0.1, 0.15) is 66.6 Å². The van der Waals surface area contributed by atoms with Crippen molar-refractivity contribution in [1.29, 1.82) is 0 Å². The van der Waals surface area contributed by atoms with E-state index in [0.717, 1.165) is 43.9 Å². The van der Waals surface area contributed by atoms with E-state index in [1.54, 1.807) is 0 Å². The Kier molecular flexibility index (Phi) is 7.36. The Morgan fingerprint density at radius 3 is 2.19 bits per heavy atom. The maximum atomic E-state index is 11.8. The third kappa shape index (κ3) is 4.81. The molecule has 0 saturated heterocycles. The van der Waals surface area contributed by atoms with E-state index < -0.39 is 5.97 Å². The molecule has 6 heteroatoms. The summed E-state index contributed by atoms with van der Waals surface area (Å²) < 4.78 is 4.72. The third-order valence-electron chi connectivity index (χ3n) is 3.15. The number of hydrogen-bond donors (Lipinski definition) is 0. The number of esters is 1. The summed E-state index contributed by atoms with van der Waals surface area (Å²) in [7, 11) is 1.30. The average Bonchev–Trinajstić information content (AvgIpc) is 2.92. The second-order valence-corrected chi connectivity index (χ2v) is 5.89. The van der Waals surface area contributed by atoms with Crippen LogP contribution >= 0.6 is 11.3 Å². The zero-order valence-electron chi connectivity index (χ0n) is 13.3. The number of aromatic nitrogens is 1. The molecular formula is C15H24N2O3S. The molecule has 0 spiro atoms. The van der Waals surface area contributed by atoms with Gasteiger partial charge in [0.2, 0.25) is 0 Å². The van der Waals surface area contributed by atoms with Gasteiger partial charge in [-0.15, -0.1) is 0 Å². The highest BCUT2D eigenvalue weighted by molar-refractivity contribution is 7.17. The minimum Gasteiger partial charge on any atom is -0.464 e. The van der Waals surface area contributed by atoms with Gasteiger partial charge >= 0.3 is 5.97 Å². The van der Waals surface area contributed by atoms with Gasteiger partial charge in [0.1, 0.15) is 4.88 Å². The number of ether oxygens (including phenoxy) is 1. The molecule has 1 rings (SSSR count). The van der Waals surface area contributed by atoms with E-state index in [9.17, 15) is 9.59 Å². The molecule has 0 saturated carbocycles. The van der Waals surface area contributed by atoms with Crippen LogP contribution in [0.4, 0.5) is 5.13 Å². The number of ketones is 1. The van der Waals surface area contributed by atoms with Crippen LogP contribution in [0.5, 0.6) is 0 Å². The molecule has 1 heterocycles. The van der Waals surface area contributed by atoms with Crippen molar-refractivity contribution in [2.75, 3.05) is 25.1 Å². The van der Waals surface area contributed by atoms with E-state index in [1.807, 2.05) is 0 Å². The Hall–Kier alpha value is -1.43. The van der Waals surface area contributed by atoms with Gasteiger partial charge in [0.05, 0.1) is 7.11 Å². The molecule has 0 aliphatic heterocycles. The molecule has 0 radical (unpaired) electrons. The molecule has 0 amide bonds. The molecule has 0 unspecified atom stereocenters. The first kappa shape index (κ1) is 17.6. The van der Waals surface area contributed by atoms with Gasteiger partial charge < -0.3 is 9.64 Å². The number of hydrogen-bond acceptors (Lipinski definition) is 6. The van der Waals surface area contributed by atoms with Crippen LogP contribution in [0.2, 0.25) is 0 Å². The van der Waals surface area contributed by atoms with Gasteiger partial charge in [-0.25, -0.2) is 9.78 Å². The fraction of sp³-hybridized carbons (Fsp3) is 0.667. The quantitative estimate of drug-likeness (QED) is 0.515. The van der Waals surface area contributed by atoms with Crippen LogP contribution in [0, 0.1) is 0 Å². The first-order valence-electron chi connectivity index (χ1n) is 7.40. The average molecular weight is 312 g/mol. The van der Waals surface area contributed by atoms with Gasteiger partial charge in [0.25, 0.3) is 0 Å². The maximum absolute atomic E-state index is 11.8. The van der Waals surface area contributed by atoms with Crippen molar-refractivity contribution in [3.05, 3.63) is 10.6 Å². The van der Waals surface area contributed by atoms with Crippen molar-refractivity contribution in [2.45, 2.75) is 46.5 Å². The Morgan fingerprint density at radius 1 is 1.19 bits per heavy atom. The third-order valence-corrected chi connectivity index (χ3v) is 4.37. The zero-order valence-corrected chi connectivity index (χ0v) is 14.1. The second-order valence-electron chi connectivity index (χ2n) is 4.92. The number of carbonyl (C=O) groups is 2.